The molecule has 3 aromatic heterocycles. The van der Waals surface area contributed by atoms with Gasteiger partial charge in [-0.2, -0.15) is 0 Å². The van der Waals surface area contributed by atoms with Crippen molar-refractivity contribution in [2.45, 2.75) is 19.4 Å². The fraction of sp³-hybridized carbons (Fsp3) is 0.167. The molecule has 0 amide bonds. The molecule has 0 aliphatic carbocycles. The average Bonchev–Trinajstić information content (AvgIpc) is 3.22. The van der Waals surface area contributed by atoms with Crippen molar-refractivity contribution >= 4 is 5.65 Å². The number of aromatic nitrogens is 4. The van der Waals surface area contributed by atoms with Crippen LogP contribution in [-0.4, -0.2) is 24.7 Å². The Balaban J connectivity index is 1.90. The third-order valence-electron chi connectivity index (χ3n) is 3.96. The van der Waals surface area contributed by atoms with Crippen LogP contribution in [-0.2, 0) is 5.60 Å². The summed E-state index contributed by atoms with van der Waals surface area (Å²) in [6, 6.07) is 6.54. The molecule has 3 heterocycles. The molecule has 0 fully saturated rings. The second kappa shape index (κ2) is 5.70. The quantitative estimate of drug-likeness (QED) is 0.607. The van der Waals surface area contributed by atoms with Crippen molar-refractivity contribution in [3.63, 3.8) is 0 Å². The Morgan fingerprint density at radius 1 is 1.12 bits per heavy atom. The molecule has 132 valence electrons. The van der Waals surface area contributed by atoms with Gasteiger partial charge in [-0.15, -0.1) is 10.2 Å². The minimum Gasteiger partial charge on any atom is -0.443 e. The number of oxazole rings is 1. The van der Waals surface area contributed by atoms with Crippen LogP contribution in [0.2, 0.25) is 0 Å². The lowest BCUT2D eigenvalue weighted by Crippen LogP contribution is -2.19. The van der Waals surface area contributed by atoms with Gasteiger partial charge in [0.05, 0.1) is 0 Å². The smallest absolute Gasteiger partial charge is 0.182 e. The summed E-state index contributed by atoms with van der Waals surface area (Å²) in [5, 5.41) is 18.3. The van der Waals surface area contributed by atoms with Crippen molar-refractivity contribution in [2.24, 2.45) is 0 Å². The highest BCUT2D eigenvalue weighted by Crippen LogP contribution is 2.33. The fourth-order valence-corrected chi connectivity index (χ4v) is 2.76. The van der Waals surface area contributed by atoms with Crippen LogP contribution in [0.4, 0.5) is 8.78 Å². The first-order valence-electron chi connectivity index (χ1n) is 7.81. The summed E-state index contributed by atoms with van der Waals surface area (Å²) in [4.78, 5) is 4.04. The molecule has 0 bridgehead atoms. The van der Waals surface area contributed by atoms with Crippen molar-refractivity contribution < 1.29 is 18.3 Å². The molecule has 0 saturated carbocycles. The number of fused-ring (bicyclic) bond motifs is 1. The van der Waals surface area contributed by atoms with Crippen LogP contribution in [0.15, 0.2) is 47.3 Å². The molecule has 0 radical (unpaired) electrons. The molecule has 0 atom stereocenters. The molecule has 4 aromatic rings. The van der Waals surface area contributed by atoms with E-state index < -0.39 is 17.2 Å². The van der Waals surface area contributed by atoms with E-state index in [1.54, 1.807) is 36.6 Å². The van der Waals surface area contributed by atoms with E-state index in [2.05, 4.69) is 15.2 Å². The zero-order valence-corrected chi connectivity index (χ0v) is 13.9. The topological polar surface area (TPSA) is 76.5 Å². The van der Waals surface area contributed by atoms with E-state index in [0.717, 1.165) is 18.2 Å². The van der Waals surface area contributed by atoms with Crippen LogP contribution < -0.4 is 0 Å². The van der Waals surface area contributed by atoms with Gasteiger partial charge in [0.15, 0.2) is 23.6 Å². The van der Waals surface area contributed by atoms with Gasteiger partial charge in [0.1, 0.15) is 22.9 Å². The van der Waals surface area contributed by atoms with Crippen LogP contribution in [0.25, 0.3) is 28.2 Å². The standard InChI is InChI=1S/C18H14F2N4O2/c1-18(2,25)17-23-22-14-6-3-10(8-24(14)17)16-15(21-9-26-16)12-7-11(19)4-5-13(12)20/h3-9,25H,1-2H3. The minimum absolute atomic E-state index is 0.000291. The lowest BCUT2D eigenvalue weighted by molar-refractivity contribution is 0.0676. The maximum atomic E-state index is 14.1. The van der Waals surface area contributed by atoms with Crippen molar-refractivity contribution in [3.8, 4) is 22.6 Å². The first-order valence-corrected chi connectivity index (χ1v) is 7.81. The Morgan fingerprint density at radius 2 is 1.92 bits per heavy atom. The predicted octanol–water partition coefficient (Wildman–Crippen LogP) is 3.56. The number of rotatable bonds is 3. The zero-order valence-electron chi connectivity index (χ0n) is 13.9. The summed E-state index contributed by atoms with van der Waals surface area (Å²) in [7, 11) is 0. The maximum Gasteiger partial charge on any atom is 0.182 e. The summed E-state index contributed by atoms with van der Waals surface area (Å²) >= 11 is 0. The number of hydrogen-bond acceptors (Lipinski definition) is 5. The molecule has 6 nitrogen and oxygen atoms in total. The van der Waals surface area contributed by atoms with E-state index in [1.807, 2.05) is 0 Å². The van der Waals surface area contributed by atoms with E-state index in [4.69, 9.17) is 4.42 Å². The molecule has 0 aliphatic rings. The van der Waals surface area contributed by atoms with Gasteiger partial charge >= 0.3 is 0 Å². The van der Waals surface area contributed by atoms with Gasteiger partial charge in [0.2, 0.25) is 0 Å². The summed E-state index contributed by atoms with van der Waals surface area (Å²) in [6.45, 7) is 3.19. The van der Waals surface area contributed by atoms with E-state index in [0.29, 0.717) is 17.0 Å². The molecule has 4 rings (SSSR count). The second-order valence-corrected chi connectivity index (χ2v) is 6.38. The third kappa shape index (κ3) is 2.64. The van der Waals surface area contributed by atoms with E-state index in [1.165, 1.54) is 6.39 Å². The highest BCUT2D eigenvalue weighted by Gasteiger charge is 2.24. The van der Waals surface area contributed by atoms with Crippen molar-refractivity contribution in [2.75, 3.05) is 0 Å². The van der Waals surface area contributed by atoms with Crippen molar-refractivity contribution in [3.05, 3.63) is 60.4 Å². The Hall–Kier alpha value is -3.13. The molecule has 0 unspecified atom stereocenters. The van der Waals surface area contributed by atoms with Crippen LogP contribution in [0.3, 0.4) is 0 Å². The van der Waals surface area contributed by atoms with Crippen LogP contribution in [0.1, 0.15) is 19.7 Å². The molecule has 8 heteroatoms. The van der Waals surface area contributed by atoms with Crippen LogP contribution in [0, 0.1) is 11.6 Å². The van der Waals surface area contributed by atoms with E-state index in [9.17, 15) is 13.9 Å². The van der Waals surface area contributed by atoms with E-state index >= 15 is 0 Å². The largest absolute Gasteiger partial charge is 0.443 e. The minimum atomic E-state index is -1.21. The second-order valence-electron chi connectivity index (χ2n) is 6.38. The number of aliphatic hydroxyl groups is 1. The summed E-state index contributed by atoms with van der Waals surface area (Å²) in [5.74, 6) is -0.572. The molecule has 1 aromatic carbocycles. The van der Waals surface area contributed by atoms with Gasteiger partial charge in [-0.1, -0.05) is 0 Å². The predicted molar refractivity (Wildman–Crippen MR) is 89.1 cm³/mol. The van der Waals surface area contributed by atoms with Crippen LogP contribution >= 0.6 is 0 Å². The molecular weight excluding hydrogens is 342 g/mol. The molecule has 26 heavy (non-hydrogen) atoms. The van der Waals surface area contributed by atoms with Gasteiger partial charge in [-0.3, -0.25) is 4.40 Å². The average molecular weight is 356 g/mol. The van der Waals surface area contributed by atoms with Gasteiger partial charge in [-0.05, 0) is 44.2 Å². The molecular formula is C18H14F2N4O2. The Bertz CT molecular complexity index is 1110. The van der Waals surface area contributed by atoms with Gasteiger partial charge in [0.25, 0.3) is 0 Å². The van der Waals surface area contributed by atoms with Gasteiger partial charge in [0, 0.05) is 17.3 Å². The number of pyridine rings is 1. The highest BCUT2D eigenvalue weighted by molar-refractivity contribution is 5.77. The Kier molecular flexibility index (Phi) is 3.58. The van der Waals surface area contributed by atoms with Crippen molar-refractivity contribution in [1.29, 1.82) is 0 Å². The van der Waals surface area contributed by atoms with Crippen molar-refractivity contribution in [1.82, 2.24) is 19.6 Å². The molecule has 0 saturated heterocycles. The van der Waals surface area contributed by atoms with Gasteiger partial charge in [-0.25, -0.2) is 13.8 Å². The maximum absolute atomic E-state index is 14.1. The molecule has 0 aliphatic heterocycles. The lowest BCUT2D eigenvalue weighted by atomic mass is 10.1. The first kappa shape index (κ1) is 16.3. The SMILES string of the molecule is CC(C)(O)c1nnc2ccc(-c3ocnc3-c3cc(F)ccc3F)cn12. The monoisotopic (exact) mass is 356 g/mol. The summed E-state index contributed by atoms with van der Waals surface area (Å²) in [6.07, 6.45) is 2.83. The van der Waals surface area contributed by atoms with Crippen LogP contribution in [0.5, 0.6) is 0 Å². The fourth-order valence-electron chi connectivity index (χ4n) is 2.76. The zero-order chi connectivity index (χ0) is 18.5. The number of benzene rings is 1. The number of halogens is 2. The normalized spacial score (nSPS) is 12.0. The summed E-state index contributed by atoms with van der Waals surface area (Å²) < 4.78 is 34.7. The molecule has 1 N–H and O–H groups in total. The lowest BCUT2D eigenvalue weighted by Gasteiger charge is -2.14. The summed E-state index contributed by atoms with van der Waals surface area (Å²) in [5.41, 5.74) is 0.0547. The third-order valence-corrected chi connectivity index (χ3v) is 3.96. The van der Waals surface area contributed by atoms with E-state index in [-0.39, 0.29) is 17.0 Å². The Labute approximate surface area is 146 Å². The first-order chi connectivity index (χ1) is 12.3. The number of nitrogens with zero attached hydrogens (tertiary/aromatic N) is 4. The number of hydrogen-bond donors (Lipinski definition) is 1. The highest BCUT2D eigenvalue weighted by atomic mass is 19.1. The molecule has 0 spiro atoms. The van der Waals surface area contributed by atoms with Gasteiger partial charge < -0.3 is 9.52 Å². The Morgan fingerprint density at radius 3 is 2.69 bits per heavy atom.